The summed E-state index contributed by atoms with van der Waals surface area (Å²) in [7, 11) is 0. The van der Waals surface area contributed by atoms with Gasteiger partial charge < -0.3 is 10.2 Å². The molecular formula is C16H24O2. The molecule has 5 aliphatic carbocycles. The Labute approximate surface area is 109 Å². The lowest BCUT2D eigenvalue weighted by atomic mass is 9.72. The van der Waals surface area contributed by atoms with Gasteiger partial charge in [-0.1, -0.05) is 0 Å². The first-order valence-electron chi connectivity index (χ1n) is 8.10. The van der Waals surface area contributed by atoms with Crippen molar-refractivity contribution in [1.29, 1.82) is 0 Å². The van der Waals surface area contributed by atoms with E-state index in [1.807, 2.05) is 0 Å². The van der Waals surface area contributed by atoms with Crippen LogP contribution in [0.1, 0.15) is 38.5 Å². The average molecular weight is 248 g/mol. The van der Waals surface area contributed by atoms with Gasteiger partial charge in [0.25, 0.3) is 0 Å². The Morgan fingerprint density at radius 3 is 1.56 bits per heavy atom. The molecule has 0 aromatic heterocycles. The molecule has 2 N–H and O–H groups in total. The number of aliphatic hydroxyl groups excluding tert-OH is 2. The van der Waals surface area contributed by atoms with Crippen LogP contribution in [0.4, 0.5) is 0 Å². The Kier molecular flexibility index (Phi) is 1.97. The number of fused-ring (bicyclic) bond motifs is 5. The van der Waals surface area contributed by atoms with Crippen LogP contribution in [0.25, 0.3) is 0 Å². The molecule has 18 heavy (non-hydrogen) atoms. The van der Waals surface area contributed by atoms with Gasteiger partial charge in [0.1, 0.15) is 0 Å². The van der Waals surface area contributed by atoms with E-state index in [9.17, 15) is 10.2 Å². The molecule has 0 spiro atoms. The van der Waals surface area contributed by atoms with E-state index in [2.05, 4.69) is 0 Å². The van der Waals surface area contributed by atoms with Gasteiger partial charge in [0, 0.05) is 0 Å². The zero-order chi connectivity index (χ0) is 12.0. The lowest BCUT2D eigenvalue weighted by molar-refractivity contribution is 0.0357. The van der Waals surface area contributed by atoms with Crippen molar-refractivity contribution in [2.75, 3.05) is 0 Å². The number of rotatable bonds is 0. The Hall–Kier alpha value is -0.0800. The van der Waals surface area contributed by atoms with Crippen molar-refractivity contribution in [3.05, 3.63) is 0 Å². The highest BCUT2D eigenvalue weighted by atomic mass is 16.3. The van der Waals surface area contributed by atoms with Gasteiger partial charge in [-0.2, -0.15) is 0 Å². The second-order valence-electron chi connectivity index (χ2n) is 7.99. The third-order valence-corrected chi connectivity index (χ3v) is 7.70. The van der Waals surface area contributed by atoms with Gasteiger partial charge in [-0.3, -0.25) is 0 Å². The molecule has 0 heterocycles. The molecule has 5 aliphatic rings. The maximum absolute atomic E-state index is 10.5. The minimum absolute atomic E-state index is 0.0148. The summed E-state index contributed by atoms with van der Waals surface area (Å²) in [5.74, 6) is 5.97. The molecule has 0 aliphatic heterocycles. The van der Waals surface area contributed by atoms with Gasteiger partial charge in [-0.15, -0.1) is 0 Å². The third kappa shape index (κ3) is 1.09. The summed E-state index contributed by atoms with van der Waals surface area (Å²) >= 11 is 0. The molecule has 2 heteroatoms. The number of hydrogen-bond acceptors (Lipinski definition) is 2. The van der Waals surface area contributed by atoms with Crippen LogP contribution >= 0.6 is 0 Å². The number of aliphatic hydroxyl groups is 2. The van der Waals surface area contributed by atoms with Gasteiger partial charge in [0.05, 0.1) is 12.2 Å². The minimum atomic E-state index is -0.0148. The van der Waals surface area contributed by atoms with E-state index in [1.165, 1.54) is 25.7 Å². The van der Waals surface area contributed by atoms with Crippen LogP contribution in [0.2, 0.25) is 0 Å². The van der Waals surface area contributed by atoms with Crippen LogP contribution in [0.3, 0.4) is 0 Å². The van der Waals surface area contributed by atoms with Crippen LogP contribution in [0, 0.1) is 47.3 Å². The maximum atomic E-state index is 10.5. The minimum Gasteiger partial charge on any atom is -0.393 e. The molecule has 5 saturated carbocycles. The highest BCUT2D eigenvalue weighted by Gasteiger charge is 2.63. The summed E-state index contributed by atoms with van der Waals surface area (Å²) in [5, 5.41) is 21.0. The molecule has 10 atom stereocenters. The largest absolute Gasteiger partial charge is 0.393 e. The van der Waals surface area contributed by atoms with Crippen LogP contribution in [-0.4, -0.2) is 22.4 Å². The van der Waals surface area contributed by atoms with Crippen molar-refractivity contribution < 1.29 is 10.2 Å². The van der Waals surface area contributed by atoms with Gasteiger partial charge in [-0.25, -0.2) is 0 Å². The molecule has 4 bridgehead atoms. The van der Waals surface area contributed by atoms with Crippen molar-refractivity contribution in [3.8, 4) is 0 Å². The highest BCUT2D eigenvalue weighted by molar-refractivity contribution is 5.12. The van der Waals surface area contributed by atoms with E-state index in [0.717, 1.165) is 48.3 Å². The van der Waals surface area contributed by atoms with Crippen LogP contribution in [0.5, 0.6) is 0 Å². The molecule has 100 valence electrons. The smallest absolute Gasteiger partial charge is 0.0576 e. The zero-order valence-electron chi connectivity index (χ0n) is 10.9. The van der Waals surface area contributed by atoms with Crippen molar-refractivity contribution in [1.82, 2.24) is 0 Å². The van der Waals surface area contributed by atoms with E-state index >= 15 is 0 Å². The zero-order valence-corrected chi connectivity index (χ0v) is 10.9. The first-order valence-corrected chi connectivity index (χ1v) is 8.10. The summed E-state index contributed by atoms with van der Waals surface area (Å²) < 4.78 is 0. The normalized spacial score (nSPS) is 68.3. The molecule has 0 aromatic rings. The fraction of sp³-hybridized carbons (Fsp3) is 1.00. The Morgan fingerprint density at radius 2 is 1.06 bits per heavy atom. The molecule has 5 fully saturated rings. The van der Waals surface area contributed by atoms with Gasteiger partial charge in [-0.05, 0) is 85.9 Å². The fourth-order valence-corrected chi connectivity index (χ4v) is 7.41. The lowest BCUT2D eigenvalue weighted by Crippen LogP contribution is -2.33. The van der Waals surface area contributed by atoms with Gasteiger partial charge >= 0.3 is 0 Å². The molecule has 5 rings (SSSR count). The quantitative estimate of drug-likeness (QED) is 0.689. The van der Waals surface area contributed by atoms with E-state index in [1.54, 1.807) is 0 Å². The van der Waals surface area contributed by atoms with E-state index < -0.39 is 0 Å². The lowest BCUT2D eigenvalue weighted by Gasteiger charge is -2.34. The Morgan fingerprint density at radius 1 is 0.556 bits per heavy atom. The monoisotopic (exact) mass is 248 g/mol. The molecule has 0 aromatic carbocycles. The summed E-state index contributed by atoms with van der Waals surface area (Å²) in [5.41, 5.74) is 0. The predicted molar refractivity (Wildman–Crippen MR) is 67.6 cm³/mol. The van der Waals surface area contributed by atoms with Gasteiger partial charge in [0.15, 0.2) is 0 Å². The maximum Gasteiger partial charge on any atom is 0.0576 e. The van der Waals surface area contributed by atoms with Crippen molar-refractivity contribution in [2.45, 2.75) is 50.7 Å². The number of hydrogen-bond donors (Lipinski definition) is 2. The molecule has 0 amide bonds. The molecule has 0 saturated heterocycles. The molecule has 0 radical (unpaired) electrons. The van der Waals surface area contributed by atoms with Crippen molar-refractivity contribution >= 4 is 0 Å². The van der Waals surface area contributed by atoms with Gasteiger partial charge in [0.2, 0.25) is 0 Å². The summed E-state index contributed by atoms with van der Waals surface area (Å²) in [4.78, 5) is 0. The molecule has 2 nitrogen and oxygen atoms in total. The Bertz CT molecular complexity index is 347. The van der Waals surface area contributed by atoms with Crippen LogP contribution in [-0.2, 0) is 0 Å². The van der Waals surface area contributed by atoms with Crippen molar-refractivity contribution in [3.63, 3.8) is 0 Å². The predicted octanol–water partition coefficient (Wildman–Crippen LogP) is 2.05. The van der Waals surface area contributed by atoms with Crippen LogP contribution in [0.15, 0.2) is 0 Å². The summed E-state index contributed by atoms with van der Waals surface area (Å²) in [6, 6.07) is 0. The first-order chi connectivity index (χ1) is 8.74. The average Bonchev–Trinajstić information content (AvgIpc) is 2.99. The van der Waals surface area contributed by atoms with Crippen molar-refractivity contribution in [2.24, 2.45) is 47.3 Å². The topological polar surface area (TPSA) is 40.5 Å². The van der Waals surface area contributed by atoms with E-state index in [-0.39, 0.29) is 12.2 Å². The fourth-order valence-electron chi connectivity index (χ4n) is 7.41. The van der Waals surface area contributed by atoms with E-state index in [0.29, 0.717) is 11.8 Å². The second-order valence-corrected chi connectivity index (χ2v) is 7.99. The highest BCUT2D eigenvalue weighted by Crippen LogP contribution is 2.67. The first kappa shape index (κ1) is 10.7. The van der Waals surface area contributed by atoms with E-state index in [4.69, 9.17) is 0 Å². The second kappa shape index (κ2) is 3.32. The molecule has 0 unspecified atom stereocenters. The standard InChI is InChI=1S/C16H24O2/c17-13-5-9-10-6-14(18)16-8-2-1-7(3-8)15(13)11(9)4-12(10)16/h7-18H,1-6H2/t7-,8-,9-,10+,11-,12-,13-,14+,15+,16-/m0/s1. The summed E-state index contributed by atoms with van der Waals surface area (Å²) in [6.45, 7) is 0. The Balaban J connectivity index is 1.63. The molecular weight excluding hydrogens is 224 g/mol. The van der Waals surface area contributed by atoms with Crippen LogP contribution < -0.4 is 0 Å². The summed E-state index contributed by atoms with van der Waals surface area (Å²) in [6.07, 6.45) is 7.39. The SMILES string of the molecule is O[C@@H]1C[C@@H]2[C@@H]3C[C@H](O)[C@@H]4[C@H]5CC[C@@H](C5)[C@H]1[C@H]2C[C@@H]34. The third-order valence-electron chi connectivity index (χ3n) is 7.70.